The van der Waals surface area contributed by atoms with Crippen molar-refractivity contribution in [3.05, 3.63) is 97.2 Å². The third-order valence-electron chi connectivity index (χ3n) is 9.00. The van der Waals surface area contributed by atoms with Crippen molar-refractivity contribution in [2.45, 2.75) is 174 Å². The molecule has 0 aliphatic heterocycles. The lowest BCUT2D eigenvalue weighted by Gasteiger charge is -2.20. The number of nitrogens with two attached hydrogens (primary N) is 1. The number of phosphoric acid groups is 1. The van der Waals surface area contributed by atoms with Gasteiger partial charge in [0.25, 0.3) is 0 Å². The monoisotopic (exact) mass is 830 g/mol. The third kappa shape index (κ3) is 44.5. The molecule has 332 valence electrons. The van der Waals surface area contributed by atoms with Gasteiger partial charge in [-0.05, 0) is 89.9 Å². The summed E-state index contributed by atoms with van der Waals surface area (Å²) in [6.45, 7) is 4.63. The number of rotatable bonds is 42. The van der Waals surface area contributed by atoms with E-state index in [1.165, 1.54) is 38.5 Å². The van der Waals surface area contributed by atoms with Gasteiger partial charge in [0.15, 0.2) is 0 Å². The van der Waals surface area contributed by atoms with E-state index in [9.17, 15) is 14.3 Å². The Balaban J connectivity index is 4.09. The summed E-state index contributed by atoms with van der Waals surface area (Å²) in [6.07, 6.45) is 59.9. The fourth-order valence-electron chi connectivity index (χ4n) is 5.74. The molecule has 0 aromatic rings. The Morgan fingerprint density at radius 3 is 1.36 bits per heavy atom. The predicted molar refractivity (Wildman–Crippen MR) is 247 cm³/mol. The van der Waals surface area contributed by atoms with E-state index >= 15 is 0 Å². The molecule has 0 saturated heterocycles. The lowest BCUT2D eigenvalue weighted by atomic mass is 10.1. The first-order valence-corrected chi connectivity index (χ1v) is 24.2. The number of carbonyl (C=O) groups excluding carboxylic acids is 1. The number of unbranched alkanes of at least 4 members (excludes halogenated alkanes) is 13. The molecule has 0 aromatic carbocycles. The van der Waals surface area contributed by atoms with Gasteiger partial charge in [-0.1, -0.05) is 169 Å². The Labute approximate surface area is 355 Å². The van der Waals surface area contributed by atoms with Crippen LogP contribution in [0.5, 0.6) is 0 Å². The molecule has 0 saturated carbocycles. The van der Waals surface area contributed by atoms with Crippen LogP contribution in [0.1, 0.15) is 168 Å². The van der Waals surface area contributed by atoms with Gasteiger partial charge in [0, 0.05) is 19.6 Å². The highest BCUT2D eigenvalue weighted by molar-refractivity contribution is 7.47. The van der Waals surface area contributed by atoms with E-state index in [2.05, 4.69) is 111 Å². The number of hydrogen-bond acceptors (Lipinski definition) is 7. The largest absolute Gasteiger partial charge is 0.472 e. The van der Waals surface area contributed by atoms with Gasteiger partial charge < -0.3 is 20.1 Å². The Kier molecular flexibility index (Phi) is 43.5. The fraction of sp³-hybridized carbons (Fsp3) is 0.653. The Hall–Kier alpha value is -2.58. The highest BCUT2D eigenvalue weighted by Crippen LogP contribution is 2.43. The van der Waals surface area contributed by atoms with Crippen molar-refractivity contribution in [3.8, 4) is 0 Å². The number of carbonyl (C=O) groups is 1. The Morgan fingerprint density at radius 2 is 0.914 bits per heavy atom. The van der Waals surface area contributed by atoms with E-state index in [1.807, 2.05) is 0 Å². The molecular weight excluding hydrogens is 746 g/mol. The number of ether oxygens (including phenoxy) is 2. The topological polar surface area (TPSA) is 117 Å². The zero-order chi connectivity index (χ0) is 42.3. The lowest BCUT2D eigenvalue weighted by Crippen LogP contribution is -2.28. The molecule has 2 unspecified atom stereocenters. The summed E-state index contributed by atoms with van der Waals surface area (Å²) in [5, 5.41) is 0. The lowest BCUT2D eigenvalue weighted by molar-refractivity contribution is -0.154. The molecule has 0 spiro atoms. The zero-order valence-electron chi connectivity index (χ0n) is 36.7. The smallest absolute Gasteiger partial charge is 0.457 e. The number of allylic oxidation sites excluding steroid dienone is 16. The van der Waals surface area contributed by atoms with Crippen LogP contribution in [0.15, 0.2) is 97.2 Å². The van der Waals surface area contributed by atoms with Crippen molar-refractivity contribution >= 4 is 13.8 Å². The summed E-state index contributed by atoms with van der Waals surface area (Å²) in [5.41, 5.74) is 5.37. The minimum atomic E-state index is -4.29. The molecule has 0 rings (SSSR count). The van der Waals surface area contributed by atoms with Crippen LogP contribution in [0, 0.1) is 0 Å². The van der Waals surface area contributed by atoms with Crippen LogP contribution in [-0.2, 0) is 27.9 Å². The van der Waals surface area contributed by atoms with Crippen LogP contribution < -0.4 is 5.73 Å². The summed E-state index contributed by atoms with van der Waals surface area (Å²) < 4.78 is 33.5. The van der Waals surface area contributed by atoms with Crippen LogP contribution >= 0.6 is 7.82 Å². The molecule has 0 fully saturated rings. The summed E-state index contributed by atoms with van der Waals surface area (Å²) in [4.78, 5) is 22.5. The zero-order valence-corrected chi connectivity index (χ0v) is 37.6. The second-order valence-corrected chi connectivity index (χ2v) is 16.0. The van der Waals surface area contributed by atoms with E-state index in [-0.39, 0.29) is 32.3 Å². The SMILES string of the molecule is CC/C=C\C/C=C\C/C=C\C/C=C\CCCCCCCCCOCC(COP(=O)(O)OCCN)OC(=O)CCCCCCCC/C=C\C/C=C\C/C=C\C/C=C\CC. The molecule has 0 aromatic heterocycles. The maximum absolute atomic E-state index is 12.6. The Bertz CT molecular complexity index is 1200. The Morgan fingerprint density at radius 1 is 0.517 bits per heavy atom. The van der Waals surface area contributed by atoms with Crippen LogP contribution in [0.4, 0.5) is 0 Å². The van der Waals surface area contributed by atoms with Gasteiger partial charge in [-0.15, -0.1) is 0 Å². The maximum atomic E-state index is 12.6. The molecule has 2 atom stereocenters. The molecule has 0 amide bonds. The van der Waals surface area contributed by atoms with Gasteiger partial charge in [0.05, 0.1) is 19.8 Å². The van der Waals surface area contributed by atoms with Crippen LogP contribution in [-0.4, -0.2) is 49.9 Å². The molecular formula is C49H84NO7P. The predicted octanol–water partition coefficient (Wildman–Crippen LogP) is 13.9. The van der Waals surface area contributed by atoms with E-state index < -0.39 is 13.9 Å². The first-order valence-electron chi connectivity index (χ1n) is 22.7. The summed E-state index contributed by atoms with van der Waals surface area (Å²) >= 11 is 0. The van der Waals surface area contributed by atoms with Crippen molar-refractivity contribution in [2.75, 3.05) is 33.0 Å². The van der Waals surface area contributed by atoms with Crippen molar-refractivity contribution in [2.24, 2.45) is 5.73 Å². The minimum absolute atomic E-state index is 0.0900. The first-order chi connectivity index (χ1) is 28.4. The molecule has 58 heavy (non-hydrogen) atoms. The number of phosphoric ester groups is 1. The first kappa shape index (κ1) is 55.4. The molecule has 0 bridgehead atoms. The molecule has 9 heteroatoms. The standard InChI is InChI=1S/C49H84NO7P/c1-3-5-7-9-11-13-15-17-19-21-23-25-27-29-31-33-35-37-39-41-44-54-46-48(47-56-58(52,53)55-45-43-50)57-49(51)42-40-38-36-34-32-30-28-26-24-22-20-18-16-14-12-10-8-6-4-2/h5-8,11-14,17-20,23-26,48H,3-4,9-10,15-16,21-22,27-47,50H2,1-2H3,(H,52,53)/b7-5-,8-6-,13-11-,14-12-,19-17-,20-18-,25-23-,26-24-. The summed E-state index contributed by atoms with van der Waals surface area (Å²) in [7, 11) is -4.29. The average Bonchev–Trinajstić information content (AvgIpc) is 3.21. The number of hydrogen-bond donors (Lipinski definition) is 2. The maximum Gasteiger partial charge on any atom is 0.472 e. The third-order valence-corrected chi connectivity index (χ3v) is 9.98. The van der Waals surface area contributed by atoms with Gasteiger partial charge in [0.1, 0.15) is 6.10 Å². The van der Waals surface area contributed by atoms with Crippen molar-refractivity contribution in [1.29, 1.82) is 0 Å². The van der Waals surface area contributed by atoms with Gasteiger partial charge >= 0.3 is 13.8 Å². The van der Waals surface area contributed by atoms with Crippen LogP contribution in [0.25, 0.3) is 0 Å². The van der Waals surface area contributed by atoms with Crippen molar-refractivity contribution in [3.63, 3.8) is 0 Å². The van der Waals surface area contributed by atoms with Crippen molar-refractivity contribution < 1.29 is 32.8 Å². The molecule has 0 heterocycles. The molecule has 0 aliphatic carbocycles. The van der Waals surface area contributed by atoms with Crippen molar-refractivity contribution in [1.82, 2.24) is 0 Å². The fourth-order valence-corrected chi connectivity index (χ4v) is 6.51. The van der Waals surface area contributed by atoms with E-state index in [0.29, 0.717) is 13.0 Å². The van der Waals surface area contributed by atoms with Gasteiger partial charge in [-0.3, -0.25) is 13.8 Å². The molecule has 8 nitrogen and oxygen atoms in total. The summed E-state index contributed by atoms with van der Waals surface area (Å²) in [6, 6.07) is 0. The average molecular weight is 830 g/mol. The van der Waals surface area contributed by atoms with E-state index in [1.54, 1.807) is 0 Å². The quantitative estimate of drug-likeness (QED) is 0.0270. The van der Waals surface area contributed by atoms with Gasteiger partial charge in [-0.25, -0.2) is 4.57 Å². The van der Waals surface area contributed by atoms with Gasteiger partial charge in [0.2, 0.25) is 0 Å². The molecule has 3 N–H and O–H groups in total. The minimum Gasteiger partial charge on any atom is -0.457 e. The molecule has 0 aliphatic rings. The normalized spacial score (nSPS) is 14.3. The van der Waals surface area contributed by atoms with Crippen LogP contribution in [0.2, 0.25) is 0 Å². The van der Waals surface area contributed by atoms with E-state index in [0.717, 1.165) is 109 Å². The second-order valence-electron chi connectivity index (χ2n) is 14.5. The van der Waals surface area contributed by atoms with E-state index in [4.69, 9.17) is 24.3 Å². The van der Waals surface area contributed by atoms with Crippen LogP contribution in [0.3, 0.4) is 0 Å². The highest BCUT2D eigenvalue weighted by atomic mass is 31.2. The second kappa shape index (κ2) is 45.5. The molecule has 0 radical (unpaired) electrons. The highest BCUT2D eigenvalue weighted by Gasteiger charge is 2.25. The summed E-state index contributed by atoms with van der Waals surface area (Å²) in [5.74, 6) is -0.353. The van der Waals surface area contributed by atoms with Gasteiger partial charge in [-0.2, -0.15) is 0 Å². The number of esters is 1.